The fourth-order valence-electron chi connectivity index (χ4n) is 3.19. The molecule has 1 saturated carbocycles. The first-order valence-corrected chi connectivity index (χ1v) is 10.7. The molecule has 1 amide bonds. The van der Waals surface area contributed by atoms with Crippen LogP contribution in [0.15, 0.2) is 65.8 Å². The highest BCUT2D eigenvalue weighted by Crippen LogP contribution is 2.29. The molecule has 0 N–H and O–H groups in total. The molecular weight excluding hydrogens is 362 g/mol. The van der Waals surface area contributed by atoms with E-state index in [4.69, 9.17) is 0 Å². The summed E-state index contributed by atoms with van der Waals surface area (Å²) in [5, 5.41) is 0. The molecular formula is C20H21N3O3S. The fraction of sp³-hybridized carbons (Fsp3) is 0.300. The Morgan fingerprint density at radius 1 is 1.11 bits per heavy atom. The highest BCUT2D eigenvalue weighted by molar-refractivity contribution is 7.91. The topological polar surface area (TPSA) is 71.8 Å². The molecule has 27 heavy (non-hydrogen) atoms. The van der Waals surface area contributed by atoms with Gasteiger partial charge in [-0.3, -0.25) is 4.79 Å². The van der Waals surface area contributed by atoms with Crippen LogP contribution in [0.3, 0.4) is 0 Å². The largest absolute Gasteiger partial charge is 0.334 e. The predicted octanol–water partition coefficient (Wildman–Crippen LogP) is 2.69. The van der Waals surface area contributed by atoms with Gasteiger partial charge in [0, 0.05) is 18.7 Å². The summed E-state index contributed by atoms with van der Waals surface area (Å²) in [7, 11) is -3.46. The molecule has 0 bridgehead atoms. The Morgan fingerprint density at radius 2 is 1.85 bits per heavy atom. The van der Waals surface area contributed by atoms with Gasteiger partial charge >= 0.3 is 0 Å². The predicted molar refractivity (Wildman–Crippen MR) is 102 cm³/mol. The molecule has 2 aromatic heterocycles. The van der Waals surface area contributed by atoms with Gasteiger partial charge in [-0.15, -0.1) is 0 Å². The number of aromatic nitrogens is 2. The third-order valence-electron chi connectivity index (χ3n) is 4.82. The number of benzene rings is 1. The number of amides is 1. The van der Waals surface area contributed by atoms with Crippen LogP contribution in [0.25, 0.3) is 5.65 Å². The van der Waals surface area contributed by atoms with E-state index in [0.29, 0.717) is 6.54 Å². The molecule has 3 aromatic rings. The lowest BCUT2D eigenvalue weighted by Crippen LogP contribution is -2.34. The lowest BCUT2D eigenvalue weighted by atomic mass is 10.3. The molecule has 0 radical (unpaired) electrons. The minimum absolute atomic E-state index is 0.00946. The van der Waals surface area contributed by atoms with E-state index < -0.39 is 9.84 Å². The number of carbonyl (C=O) groups excluding carboxylic acids is 1. The molecule has 1 fully saturated rings. The molecule has 0 saturated heterocycles. The molecule has 7 heteroatoms. The van der Waals surface area contributed by atoms with Crippen LogP contribution in [0.5, 0.6) is 0 Å². The highest BCUT2D eigenvalue weighted by Gasteiger charge is 2.33. The Bertz CT molecular complexity index is 1060. The zero-order chi connectivity index (χ0) is 18.9. The second-order valence-corrected chi connectivity index (χ2v) is 8.92. The Morgan fingerprint density at radius 3 is 2.59 bits per heavy atom. The summed E-state index contributed by atoms with van der Waals surface area (Å²) < 4.78 is 26.9. The van der Waals surface area contributed by atoms with E-state index in [-0.39, 0.29) is 29.0 Å². The van der Waals surface area contributed by atoms with Crippen molar-refractivity contribution in [3.05, 3.63) is 66.6 Å². The van der Waals surface area contributed by atoms with E-state index in [9.17, 15) is 13.2 Å². The third-order valence-corrected chi connectivity index (χ3v) is 6.55. The summed E-state index contributed by atoms with van der Waals surface area (Å²) in [6.45, 7) is 0.445. The first-order chi connectivity index (χ1) is 13.0. The number of nitrogens with zero attached hydrogens (tertiary/aromatic N) is 3. The van der Waals surface area contributed by atoms with Crippen LogP contribution in [0, 0.1) is 0 Å². The van der Waals surface area contributed by atoms with Crippen molar-refractivity contribution in [2.75, 3.05) is 5.75 Å². The first kappa shape index (κ1) is 17.7. The number of imidazole rings is 1. The summed E-state index contributed by atoms with van der Waals surface area (Å²) in [5.41, 5.74) is 1.76. The van der Waals surface area contributed by atoms with Crippen LogP contribution in [-0.4, -0.2) is 40.4 Å². The van der Waals surface area contributed by atoms with Gasteiger partial charge < -0.3 is 9.30 Å². The third kappa shape index (κ3) is 3.88. The number of pyridine rings is 1. The molecule has 1 aliphatic rings. The molecule has 140 valence electrons. The van der Waals surface area contributed by atoms with E-state index in [1.807, 2.05) is 28.8 Å². The van der Waals surface area contributed by atoms with Crippen LogP contribution in [-0.2, 0) is 21.2 Å². The van der Waals surface area contributed by atoms with E-state index >= 15 is 0 Å². The van der Waals surface area contributed by atoms with Gasteiger partial charge in [-0.2, -0.15) is 0 Å². The number of hydrogen-bond acceptors (Lipinski definition) is 4. The normalized spacial score (nSPS) is 14.4. The summed E-state index contributed by atoms with van der Waals surface area (Å²) in [6, 6.07) is 14.2. The quantitative estimate of drug-likeness (QED) is 0.629. The van der Waals surface area contributed by atoms with Crippen molar-refractivity contribution in [1.82, 2.24) is 14.3 Å². The Labute approximate surface area is 158 Å². The SMILES string of the molecule is O=C(CCS(=O)(=O)c1ccccc1)N(Cc1cnc2ccccn12)C1CC1. The molecule has 0 spiro atoms. The summed E-state index contributed by atoms with van der Waals surface area (Å²) in [5.74, 6) is -0.297. The number of sulfone groups is 1. The average Bonchev–Trinajstić information content (AvgIpc) is 3.45. The number of rotatable bonds is 7. The summed E-state index contributed by atoms with van der Waals surface area (Å²) in [6.07, 6.45) is 5.62. The van der Waals surface area contributed by atoms with Crippen molar-refractivity contribution in [3.8, 4) is 0 Å². The zero-order valence-corrected chi connectivity index (χ0v) is 15.7. The van der Waals surface area contributed by atoms with Gasteiger partial charge in [0.25, 0.3) is 0 Å². The van der Waals surface area contributed by atoms with Crippen molar-refractivity contribution in [3.63, 3.8) is 0 Å². The molecule has 2 heterocycles. The second kappa shape index (κ2) is 7.15. The summed E-state index contributed by atoms with van der Waals surface area (Å²) in [4.78, 5) is 19.2. The van der Waals surface area contributed by atoms with Gasteiger partial charge in [0.2, 0.25) is 5.91 Å². The van der Waals surface area contributed by atoms with Gasteiger partial charge in [-0.05, 0) is 37.1 Å². The number of fused-ring (bicyclic) bond motifs is 1. The Kier molecular flexibility index (Phi) is 4.70. The van der Waals surface area contributed by atoms with E-state index in [2.05, 4.69) is 4.98 Å². The first-order valence-electron chi connectivity index (χ1n) is 9.03. The van der Waals surface area contributed by atoms with E-state index in [1.54, 1.807) is 41.4 Å². The van der Waals surface area contributed by atoms with Crippen molar-refractivity contribution in [2.45, 2.75) is 36.7 Å². The standard InChI is InChI=1S/C20H21N3O3S/c24-20(11-13-27(25,26)18-6-2-1-3-7-18)23(16-9-10-16)15-17-14-21-19-8-4-5-12-22(17)19/h1-8,12,14,16H,9-11,13,15H2. The molecule has 0 unspecified atom stereocenters. The maximum absolute atomic E-state index is 12.8. The van der Waals surface area contributed by atoms with Crippen LogP contribution >= 0.6 is 0 Å². The molecule has 1 aliphatic carbocycles. The maximum Gasteiger partial charge on any atom is 0.224 e. The minimum atomic E-state index is -3.46. The Hall–Kier alpha value is -2.67. The number of hydrogen-bond donors (Lipinski definition) is 0. The highest BCUT2D eigenvalue weighted by atomic mass is 32.2. The van der Waals surface area contributed by atoms with Crippen LogP contribution < -0.4 is 0 Å². The second-order valence-electron chi connectivity index (χ2n) is 6.81. The number of carbonyl (C=O) groups is 1. The van der Waals surface area contributed by atoms with Gasteiger partial charge in [0.15, 0.2) is 9.84 Å². The Balaban J connectivity index is 1.47. The van der Waals surface area contributed by atoms with Crippen LogP contribution in [0.4, 0.5) is 0 Å². The van der Waals surface area contributed by atoms with Crippen LogP contribution in [0.1, 0.15) is 25.0 Å². The van der Waals surface area contributed by atoms with Gasteiger partial charge in [-0.25, -0.2) is 13.4 Å². The monoisotopic (exact) mass is 383 g/mol. The molecule has 1 aromatic carbocycles. The maximum atomic E-state index is 12.8. The van der Waals surface area contributed by atoms with Crippen molar-refractivity contribution in [1.29, 1.82) is 0 Å². The molecule has 0 atom stereocenters. The molecule has 0 aliphatic heterocycles. The van der Waals surface area contributed by atoms with Crippen molar-refractivity contribution < 1.29 is 13.2 Å². The summed E-state index contributed by atoms with van der Waals surface area (Å²) >= 11 is 0. The van der Waals surface area contributed by atoms with E-state index in [1.165, 1.54) is 0 Å². The van der Waals surface area contributed by atoms with Gasteiger partial charge in [-0.1, -0.05) is 24.3 Å². The van der Waals surface area contributed by atoms with Crippen molar-refractivity contribution >= 4 is 21.4 Å². The zero-order valence-electron chi connectivity index (χ0n) is 14.9. The van der Waals surface area contributed by atoms with Gasteiger partial charge in [0.1, 0.15) is 5.65 Å². The smallest absolute Gasteiger partial charge is 0.224 e. The average molecular weight is 383 g/mol. The van der Waals surface area contributed by atoms with Crippen molar-refractivity contribution in [2.24, 2.45) is 0 Å². The van der Waals surface area contributed by atoms with E-state index in [0.717, 1.165) is 24.2 Å². The van der Waals surface area contributed by atoms with Crippen LogP contribution in [0.2, 0.25) is 0 Å². The molecule has 4 rings (SSSR count). The molecule has 6 nitrogen and oxygen atoms in total. The lowest BCUT2D eigenvalue weighted by Gasteiger charge is -2.22. The lowest BCUT2D eigenvalue weighted by molar-refractivity contribution is -0.132. The fourth-order valence-corrected chi connectivity index (χ4v) is 4.45. The minimum Gasteiger partial charge on any atom is -0.334 e. The van der Waals surface area contributed by atoms with Gasteiger partial charge in [0.05, 0.1) is 29.1 Å².